The molecule has 1 atom stereocenters. The van der Waals surface area contributed by atoms with Gasteiger partial charge in [0.05, 0.1) is 12.6 Å². The Balaban J connectivity index is 3.28. The van der Waals surface area contributed by atoms with Gasteiger partial charge in [-0.25, -0.2) is 4.79 Å². The Kier molecular flexibility index (Phi) is 3.03. The van der Waals surface area contributed by atoms with E-state index < -0.39 is 17.6 Å². The summed E-state index contributed by atoms with van der Waals surface area (Å²) in [7, 11) is 0. The van der Waals surface area contributed by atoms with E-state index in [2.05, 4.69) is 0 Å². The zero-order chi connectivity index (χ0) is 10.7. The number of carboxylic acid groups (broad SMARTS) is 1. The predicted octanol–water partition coefficient (Wildman–Crippen LogP) is 0.0998. The summed E-state index contributed by atoms with van der Waals surface area (Å²) in [6, 6.07) is 2.30. The lowest BCUT2D eigenvalue weighted by atomic mass is 10.2. The van der Waals surface area contributed by atoms with Gasteiger partial charge in [-0.1, -0.05) is 0 Å². The SMILES string of the molecule is C[C@H](CO)n1cccc(C(=O)O)c1=O. The number of aromatic carboxylic acids is 1. The number of hydrogen-bond acceptors (Lipinski definition) is 3. The number of pyridine rings is 1. The maximum Gasteiger partial charge on any atom is 0.341 e. The van der Waals surface area contributed by atoms with Crippen LogP contribution >= 0.6 is 0 Å². The van der Waals surface area contributed by atoms with Crippen LogP contribution in [0.1, 0.15) is 23.3 Å². The molecule has 1 aromatic rings. The fourth-order valence-corrected chi connectivity index (χ4v) is 1.11. The first-order valence-electron chi connectivity index (χ1n) is 4.13. The number of hydrogen-bond donors (Lipinski definition) is 2. The number of nitrogens with zero attached hydrogens (tertiary/aromatic N) is 1. The van der Waals surface area contributed by atoms with Crippen molar-refractivity contribution in [2.24, 2.45) is 0 Å². The lowest BCUT2D eigenvalue weighted by Gasteiger charge is -2.11. The molecule has 76 valence electrons. The number of carbonyl (C=O) groups is 1. The highest BCUT2D eigenvalue weighted by atomic mass is 16.4. The third kappa shape index (κ3) is 1.82. The molecule has 0 aliphatic rings. The van der Waals surface area contributed by atoms with Crippen molar-refractivity contribution in [3.63, 3.8) is 0 Å². The predicted molar refractivity (Wildman–Crippen MR) is 49.5 cm³/mol. The molecular formula is C9H11NO4. The molecule has 0 fully saturated rings. The van der Waals surface area contributed by atoms with Crippen LogP contribution in [0.4, 0.5) is 0 Å². The van der Waals surface area contributed by atoms with E-state index in [1.807, 2.05) is 0 Å². The summed E-state index contributed by atoms with van der Waals surface area (Å²) in [6.07, 6.45) is 1.45. The van der Waals surface area contributed by atoms with E-state index in [1.165, 1.54) is 22.9 Å². The minimum Gasteiger partial charge on any atom is -0.477 e. The average molecular weight is 197 g/mol. The topological polar surface area (TPSA) is 79.5 Å². The second kappa shape index (κ2) is 4.06. The molecule has 0 saturated carbocycles. The summed E-state index contributed by atoms with van der Waals surface area (Å²) in [6.45, 7) is 1.43. The van der Waals surface area contributed by atoms with Crippen LogP contribution in [0, 0.1) is 0 Å². The van der Waals surface area contributed by atoms with Gasteiger partial charge in [-0.15, -0.1) is 0 Å². The number of aliphatic hydroxyl groups is 1. The normalized spacial score (nSPS) is 12.4. The number of rotatable bonds is 3. The standard InChI is InChI=1S/C9H11NO4/c1-6(5-11)10-4-2-3-7(8(10)12)9(13)14/h2-4,6,11H,5H2,1H3,(H,13,14)/t6-/m1/s1. The maximum absolute atomic E-state index is 11.5. The van der Waals surface area contributed by atoms with E-state index >= 15 is 0 Å². The van der Waals surface area contributed by atoms with Gasteiger partial charge in [0, 0.05) is 6.20 Å². The highest BCUT2D eigenvalue weighted by Crippen LogP contribution is 2.01. The molecule has 1 aromatic heterocycles. The summed E-state index contributed by atoms with van der Waals surface area (Å²) in [5, 5.41) is 17.5. The van der Waals surface area contributed by atoms with Crippen LogP contribution < -0.4 is 5.56 Å². The first-order chi connectivity index (χ1) is 6.57. The molecule has 0 aliphatic heterocycles. The Hall–Kier alpha value is -1.62. The van der Waals surface area contributed by atoms with Crippen LogP contribution in [0.25, 0.3) is 0 Å². The molecule has 5 nitrogen and oxygen atoms in total. The van der Waals surface area contributed by atoms with Gasteiger partial charge in [0.2, 0.25) is 0 Å². The van der Waals surface area contributed by atoms with Crippen molar-refractivity contribution in [2.45, 2.75) is 13.0 Å². The first-order valence-corrected chi connectivity index (χ1v) is 4.13. The molecule has 0 saturated heterocycles. The van der Waals surface area contributed by atoms with Crippen molar-refractivity contribution in [2.75, 3.05) is 6.61 Å². The van der Waals surface area contributed by atoms with Gasteiger partial charge < -0.3 is 14.8 Å². The van der Waals surface area contributed by atoms with Gasteiger partial charge in [-0.3, -0.25) is 4.79 Å². The molecule has 0 radical (unpaired) electrons. The van der Waals surface area contributed by atoms with Gasteiger partial charge in [-0.2, -0.15) is 0 Å². The van der Waals surface area contributed by atoms with E-state index in [4.69, 9.17) is 10.2 Å². The van der Waals surface area contributed by atoms with Crippen LogP contribution in [0.5, 0.6) is 0 Å². The van der Waals surface area contributed by atoms with Gasteiger partial charge in [0.1, 0.15) is 5.56 Å². The van der Waals surface area contributed by atoms with E-state index in [1.54, 1.807) is 6.92 Å². The summed E-state index contributed by atoms with van der Waals surface area (Å²) in [4.78, 5) is 22.1. The fourth-order valence-electron chi connectivity index (χ4n) is 1.11. The smallest absolute Gasteiger partial charge is 0.341 e. The van der Waals surface area contributed by atoms with Crippen molar-refractivity contribution < 1.29 is 15.0 Å². The number of aliphatic hydroxyl groups excluding tert-OH is 1. The summed E-state index contributed by atoms with van der Waals surface area (Å²) in [5.41, 5.74) is -0.880. The Morgan fingerprint density at radius 1 is 1.64 bits per heavy atom. The molecule has 14 heavy (non-hydrogen) atoms. The molecule has 5 heteroatoms. The highest BCUT2D eigenvalue weighted by molar-refractivity contribution is 5.86. The van der Waals surface area contributed by atoms with Crippen LogP contribution in [0.15, 0.2) is 23.1 Å². The third-order valence-corrected chi connectivity index (χ3v) is 1.94. The van der Waals surface area contributed by atoms with Gasteiger partial charge in [-0.05, 0) is 19.1 Å². The van der Waals surface area contributed by atoms with E-state index in [-0.39, 0.29) is 12.2 Å². The third-order valence-electron chi connectivity index (χ3n) is 1.94. The zero-order valence-electron chi connectivity index (χ0n) is 7.67. The highest BCUT2D eigenvalue weighted by Gasteiger charge is 2.12. The van der Waals surface area contributed by atoms with Crippen molar-refractivity contribution in [1.29, 1.82) is 0 Å². The van der Waals surface area contributed by atoms with Crippen molar-refractivity contribution in [1.82, 2.24) is 4.57 Å². The van der Waals surface area contributed by atoms with E-state index in [9.17, 15) is 9.59 Å². The van der Waals surface area contributed by atoms with Crippen LogP contribution in [0.2, 0.25) is 0 Å². The second-order valence-corrected chi connectivity index (χ2v) is 2.97. The zero-order valence-corrected chi connectivity index (χ0v) is 7.67. The molecule has 0 spiro atoms. The molecule has 0 aromatic carbocycles. The summed E-state index contributed by atoms with van der Waals surface area (Å²) < 4.78 is 1.20. The molecule has 0 amide bonds. The van der Waals surface area contributed by atoms with Gasteiger partial charge >= 0.3 is 5.97 Å². The van der Waals surface area contributed by atoms with Crippen molar-refractivity contribution in [3.05, 3.63) is 34.2 Å². The molecule has 0 unspecified atom stereocenters. The average Bonchev–Trinajstić information content (AvgIpc) is 2.16. The molecule has 0 bridgehead atoms. The van der Waals surface area contributed by atoms with Gasteiger partial charge in [0.25, 0.3) is 5.56 Å². The minimum atomic E-state index is -1.26. The van der Waals surface area contributed by atoms with E-state index in [0.717, 1.165) is 0 Å². The first kappa shape index (κ1) is 10.5. The lowest BCUT2D eigenvalue weighted by Crippen LogP contribution is -2.29. The number of aromatic nitrogens is 1. The Bertz CT molecular complexity index is 396. The second-order valence-electron chi connectivity index (χ2n) is 2.97. The van der Waals surface area contributed by atoms with Crippen molar-refractivity contribution >= 4 is 5.97 Å². The van der Waals surface area contributed by atoms with Crippen LogP contribution in [-0.2, 0) is 0 Å². The molecular weight excluding hydrogens is 186 g/mol. The number of carboxylic acids is 1. The Morgan fingerprint density at radius 3 is 2.79 bits per heavy atom. The fraction of sp³-hybridized carbons (Fsp3) is 0.333. The van der Waals surface area contributed by atoms with Gasteiger partial charge in [0.15, 0.2) is 0 Å². The van der Waals surface area contributed by atoms with Crippen LogP contribution in [0.3, 0.4) is 0 Å². The van der Waals surface area contributed by atoms with Crippen LogP contribution in [-0.4, -0.2) is 27.4 Å². The summed E-state index contributed by atoms with van der Waals surface area (Å²) >= 11 is 0. The molecule has 1 rings (SSSR count). The monoisotopic (exact) mass is 197 g/mol. The van der Waals surface area contributed by atoms with Crippen molar-refractivity contribution in [3.8, 4) is 0 Å². The minimum absolute atomic E-state index is 0.205. The quantitative estimate of drug-likeness (QED) is 0.720. The summed E-state index contributed by atoms with van der Waals surface area (Å²) in [5.74, 6) is -1.26. The lowest BCUT2D eigenvalue weighted by molar-refractivity contribution is 0.0693. The van der Waals surface area contributed by atoms with E-state index in [0.29, 0.717) is 0 Å². The Morgan fingerprint density at radius 2 is 2.29 bits per heavy atom. The molecule has 2 N–H and O–H groups in total. The molecule has 0 aliphatic carbocycles. The Labute approximate surface area is 80.2 Å². The molecule has 1 heterocycles. The maximum atomic E-state index is 11.5. The largest absolute Gasteiger partial charge is 0.477 e.